The van der Waals surface area contributed by atoms with E-state index < -0.39 is 0 Å². The highest BCUT2D eigenvalue weighted by molar-refractivity contribution is 5.81. The lowest BCUT2D eigenvalue weighted by Gasteiger charge is -2.35. The molecule has 132 valence electrons. The van der Waals surface area contributed by atoms with E-state index in [2.05, 4.69) is 14.9 Å². The number of carbonyl (C=O) groups is 1. The third-order valence-corrected chi connectivity index (χ3v) is 4.92. The Labute approximate surface area is 145 Å². The van der Waals surface area contributed by atoms with Crippen LogP contribution in [0, 0.1) is 0 Å². The minimum atomic E-state index is -0.245. The summed E-state index contributed by atoms with van der Waals surface area (Å²) < 4.78 is 5.49. The largest absolute Gasteiger partial charge is 0.368 e. The lowest BCUT2D eigenvalue weighted by atomic mass is 10.2. The summed E-state index contributed by atoms with van der Waals surface area (Å²) in [5.41, 5.74) is 0.612. The number of ether oxygens (including phenoxy) is 1. The molecule has 0 saturated carbocycles. The molecule has 25 heavy (non-hydrogen) atoms. The molecule has 0 aliphatic carbocycles. The van der Waals surface area contributed by atoms with E-state index in [4.69, 9.17) is 4.74 Å². The molecule has 2 aliphatic rings. The number of benzene rings is 1. The van der Waals surface area contributed by atoms with Crippen molar-refractivity contribution in [2.75, 3.05) is 32.8 Å². The van der Waals surface area contributed by atoms with E-state index in [0.29, 0.717) is 43.0 Å². The van der Waals surface area contributed by atoms with E-state index in [1.54, 1.807) is 6.07 Å². The molecule has 3 heterocycles. The number of nitrogens with zero attached hydrogens (tertiary/aromatic N) is 3. The van der Waals surface area contributed by atoms with Crippen LogP contribution in [-0.2, 0) is 16.1 Å². The number of para-hydroxylation sites is 1. The monoisotopic (exact) mass is 342 g/mol. The average Bonchev–Trinajstić information content (AvgIpc) is 3.16. The maximum atomic E-state index is 12.4. The minimum absolute atomic E-state index is 0.104. The molecule has 4 rings (SSSR count). The molecule has 1 amide bonds. The van der Waals surface area contributed by atoms with E-state index >= 15 is 0 Å². The molecule has 7 nitrogen and oxygen atoms in total. The van der Waals surface area contributed by atoms with Crippen LogP contribution in [0.2, 0.25) is 0 Å². The van der Waals surface area contributed by atoms with E-state index in [0.717, 1.165) is 25.9 Å². The molecule has 1 N–H and O–H groups in total. The fourth-order valence-electron chi connectivity index (χ4n) is 3.52. The molecule has 2 aliphatic heterocycles. The van der Waals surface area contributed by atoms with Gasteiger partial charge in [0, 0.05) is 32.8 Å². The maximum absolute atomic E-state index is 12.4. The number of amides is 1. The Hall–Kier alpha value is -2.25. The number of carbonyl (C=O) groups excluding carboxylic acids is 1. The summed E-state index contributed by atoms with van der Waals surface area (Å²) in [5, 5.41) is 0.609. The predicted octanol–water partition coefficient (Wildman–Crippen LogP) is 0.746. The van der Waals surface area contributed by atoms with Crippen molar-refractivity contribution in [1.82, 2.24) is 19.8 Å². The van der Waals surface area contributed by atoms with Gasteiger partial charge >= 0.3 is 0 Å². The third kappa shape index (κ3) is 3.43. The van der Waals surface area contributed by atoms with E-state index in [9.17, 15) is 9.59 Å². The molecule has 0 bridgehead atoms. The fraction of sp³-hybridized carbons (Fsp3) is 0.500. The summed E-state index contributed by atoms with van der Waals surface area (Å²) in [6.07, 6.45) is 1.56. The number of hydrogen-bond donors (Lipinski definition) is 1. The molecule has 2 fully saturated rings. The quantitative estimate of drug-likeness (QED) is 0.890. The van der Waals surface area contributed by atoms with Gasteiger partial charge in [0.2, 0.25) is 0 Å². The summed E-state index contributed by atoms with van der Waals surface area (Å²) in [4.78, 5) is 36.1. The molecule has 2 aromatic rings. The summed E-state index contributed by atoms with van der Waals surface area (Å²) in [6.45, 7) is 4.20. The molecule has 1 aromatic carbocycles. The van der Waals surface area contributed by atoms with Crippen LogP contribution in [0.5, 0.6) is 0 Å². The molecule has 0 unspecified atom stereocenters. The van der Waals surface area contributed by atoms with Crippen molar-refractivity contribution in [3.8, 4) is 0 Å². The molecule has 2 saturated heterocycles. The number of rotatable bonds is 3. The first-order chi connectivity index (χ1) is 12.2. The predicted molar refractivity (Wildman–Crippen MR) is 93.2 cm³/mol. The first kappa shape index (κ1) is 16.2. The number of fused-ring (bicyclic) bond motifs is 1. The van der Waals surface area contributed by atoms with E-state index in [1.165, 1.54) is 0 Å². The van der Waals surface area contributed by atoms with Crippen LogP contribution < -0.4 is 5.56 Å². The van der Waals surface area contributed by atoms with Gasteiger partial charge in [0.15, 0.2) is 0 Å². The van der Waals surface area contributed by atoms with Crippen LogP contribution in [0.25, 0.3) is 10.9 Å². The number of aromatic nitrogens is 2. The van der Waals surface area contributed by atoms with Gasteiger partial charge in [-0.25, -0.2) is 4.98 Å². The van der Waals surface area contributed by atoms with Gasteiger partial charge in [0.1, 0.15) is 11.9 Å². The number of H-pyrrole nitrogens is 1. The first-order valence-electron chi connectivity index (χ1n) is 8.81. The Morgan fingerprint density at radius 3 is 2.80 bits per heavy atom. The van der Waals surface area contributed by atoms with Crippen LogP contribution in [0.15, 0.2) is 29.1 Å². The standard InChI is InChI=1S/C18H22N4O3/c23-17-13-4-1-2-5-14(13)19-16(20-17)12-21-7-9-22(10-8-21)18(24)15-6-3-11-25-15/h1-2,4-5,15H,3,6-12H2,(H,19,20,23)/t15-/m0/s1. The van der Waals surface area contributed by atoms with Crippen LogP contribution >= 0.6 is 0 Å². The van der Waals surface area contributed by atoms with Gasteiger partial charge in [-0.2, -0.15) is 0 Å². The SMILES string of the molecule is O=C([C@@H]1CCCO1)N1CCN(Cc2nc3ccccc3c(=O)[nH]2)CC1. The Morgan fingerprint density at radius 2 is 2.04 bits per heavy atom. The van der Waals surface area contributed by atoms with Gasteiger partial charge in [-0.15, -0.1) is 0 Å². The number of hydrogen-bond acceptors (Lipinski definition) is 5. The van der Waals surface area contributed by atoms with Gasteiger partial charge in [0.05, 0.1) is 17.4 Å². The third-order valence-electron chi connectivity index (χ3n) is 4.92. The van der Waals surface area contributed by atoms with Crippen LogP contribution in [0.3, 0.4) is 0 Å². The van der Waals surface area contributed by atoms with Crippen molar-refractivity contribution < 1.29 is 9.53 Å². The Bertz CT molecular complexity index is 820. The summed E-state index contributed by atoms with van der Waals surface area (Å²) >= 11 is 0. The highest BCUT2D eigenvalue weighted by Crippen LogP contribution is 2.16. The van der Waals surface area contributed by atoms with Gasteiger partial charge in [0.25, 0.3) is 11.5 Å². The molecule has 7 heteroatoms. The second kappa shape index (κ2) is 6.93. The van der Waals surface area contributed by atoms with E-state index in [1.807, 2.05) is 23.1 Å². The second-order valence-corrected chi connectivity index (χ2v) is 6.63. The average molecular weight is 342 g/mol. The number of nitrogens with one attached hydrogen (secondary N) is 1. The van der Waals surface area contributed by atoms with Crippen molar-refractivity contribution in [2.45, 2.75) is 25.5 Å². The lowest BCUT2D eigenvalue weighted by Crippen LogP contribution is -2.51. The highest BCUT2D eigenvalue weighted by Gasteiger charge is 2.30. The normalized spacial score (nSPS) is 21.8. The van der Waals surface area contributed by atoms with Crippen molar-refractivity contribution in [2.24, 2.45) is 0 Å². The zero-order chi connectivity index (χ0) is 17.2. The topological polar surface area (TPSA) is 78.5 Å². The fourth-order valence-corrected chi connectivity index (χ4v) is 3.52. The maximum Gasteiger partial charge on any atom is 0.258 e. The van der Waals surface area contributed by atoms with Crippen molar-refractivity contribution in [1.29, 1.82) is 0 Å². The summed E-state index contributed by atoms with van der Waals surface area (Å²) in [7, 11) is 0. The van der Waals surface area contributed by atoms with Gasteiger partial charge in [-0.05, 0) is 25.0 Å². The molecular formula is C18H22N4O3. The Balaban J connectivity index is 1.38. The second-order valence-electron chi connectivity index (χ2n) is 6.63. The zero-order valence-electron chi connectivity index (χ0n) is 14.1. The van der Waals surface area contributed by atoms with Gasteiger partial charge < -0.3 is 14.6 Å². The molecule has 0 radical (unpaired) electrons. The van der Waals surface area contributed by atoms with Crippen LogP contribution in [-0.4, -0.2) is 64.6 Å². The van der Waals surface area contributed by atoms with Crippen molar-refractivity contribution in [3.63, 3.8) is 0 Å². The Kier molecular flexibility index (Phi) is 4.50. The van der Waals surface area contributed by atoms with Crippen LogP contribution in [0.1, 0.15) is 18.7 Å². The molecule has 0 spiro atoms. The van der Waals surface area contributed by atoms with Gasteiger partial charge in [-0.3, -0.25) is 14.5 Å². The highest BCUT2D eigenvalue weighted by atomic mass is 16.5. The molecule has 1 aromatic heterocycles. The summed E-state index contributed by atoms with van der Waals surface area (Å²) in [6, 6.07) is 7.35. The number of piperazine rings is 1. The van der Waals surface area contributed by atoms with Crippen molar-refractivity contribution >= 4 is 16.8 Å². The van der Waals surface area contributed by atoms with Crippen LogP contribution in [0.4, 0.5) is 0 Å². The smallest absolute Gasteiger partial charge is 0.258 e. The molecular weight excluding hydrogens is 320 g/mol. The van der Waals surface area contributed by atoms with Gasteiger partial charge in [-0.1, -0.05) is 12.1 Å². The van der Waals surface area contributed by atoms with E-state index in [-0.39, 0.29) is 17.6 Å². The minimum Gasteiger partial charge on any atom is -0.368 e. The zero-order valence-corrected chi connectivity index (χ0v) is 14.1. The first-order valence-corrected chi connectivity index (χ1v) is 8.81. The Morgan fingerprint density at radius 1 is 1.24 bits per heavy atom. The molecule has 1 atom stereocenters. The lowest BCUT2D eigenvalue weighted by molar-refractivity contribution is -0.142. The van der Waals surface area contributed by atoms with Crippen molar-refractivity contribution in [3.05, 3.63) is 40.4 Å². The summed E-state index contributed by atoms with van der Waals surface area (Å²) in [5.74, 6) is 0.789. The number of aromatic amines is 1.